The summed E-state index contributed by atoms with van der Waals surface area (Å²) < 4.78 is 13.0. The molecule has 4 aromatic rings. The van der Waals surface area contributed by atoms with Gasteiger partial charge in [0.2, 0.25) is 0 Å². The molecule has 0 aliphatic carbocycles. The van der Waals surface area contributed by atoms with Crippen molar-refractivity contribution in [3.63, 3.8) is 0 Å². The van der Waals surface area contributed by atoms with E-state index in [1.807, 2.05) is 128 Å². The molecule has 0 N–H and O–H groups in total. The van der Waals surface area contributed by atoms with Crippen molar-refractivity contribution in [1.29, 1.82) is 0 Å². The number of rotatable bonds is 9. The topological polar surface area (TPSA) is 73.3 Å². The average molecular weight is 491 g/mol. The second-order valence-corrected chi connectivity index (χ2v) is 8.47. The van der Waals surface area contributed by atoms with Gasteiger partial charge in [0.05, 0.1) is 12.7 Å². The zero-order valence-corrected chi connectivity index (χ0v) is 20.4. The first-order chi connectivity index (χ1) is 18.1. The van der Waals surface area contributed by atoms with E-state index in [2.05, 4.69) is 22.2 Å². The van der Waals surface area contributed by atoms with Crippen molar-refractivity contribution in [2.75, 3.05) is 6.61 Å². The molecule has 1 unspecified atom stereocenters. The number of ether oxygens (including phenoxy) is 2. The highest BCUT2D eigenvalue weighted by molar-refractivity contribution is 5.45. The van der Waals surface area contributed by atoms with Crippen LogP contribution in [0.2, 0.25) is 0 Å². The predicted molar refractivity (Wildman–Crippen MR) is 145 cm³/mol. The van der Waals surface area contributed by atoms with Crippen molar-refractivity contribution >= 4 is 0 Å². The van der Waals surface area contributed by atoms with Crippen molar-refractivity contribution in [1.82, 2.24) is 0 Å². The second-order valence-electron chi connectivity index (χ2n) is 8.47. The Bertz CT molecular complexity index is 1310. The van der Waals surface area contributed by atoms with Gasteiger partial charge >= 0.3 is 12.1 Å². The molecule has 0 saturated heterocycles. The maximum Gasteiger partial charge on any atom is 0.344 e. The van der Waals surface area contributed by atoms with Crippen LogP contribution in [-0.4, -0.2) is 12.7 Å². The second kappa shape index (κ2) is 11.9. The number of benzene rings is 4. The van der Waals surface area contributed by atoms with Crippen LogP contribution in [0.1, 0.15) is 29.2 Å². The molecule has 0 aromatic heterocycles. The summed E-state index contributed by atoms with van der Waals surface area (Å²) in [6.07, 6.45) is -0.574. The third-order valence-corrected chi connectivity index (χ3v) is 6.04. The molecule has 0 bridgehead atoms. The lowest BCUT2D eigenvalue weighted by atomic mass is 9.87. The fraction of sp³-hybridized carbons (Fsp3) is 0.161. The van der Waals surface area contributed by atoms with Gasteiger partial charge < -0.3 is 19.9 Å². The lowest BCUT2D eigenvalue weighted by Crippen LogP contribution is -2.38. The lowest BCUT2D eigenvalue weighted by Gasteiger charge is -2.31. The van der Waals surface area contributed by atoms with Gasteiger partial charge in [-0.2, -0.15) is 0 Å². The zero-order valence-electron chi connectivity index (χ0n) is 20.4. The van der Waals surface area contributed by atoms with Crippen molar-refractivity contribution in [3.8, 4) is 12.1 Å². The van der Waals surface area contributed by atoms with Crippen LogP contribution >= 0.6 is 0 Å². The number of hydrogen-bond donors (Lipinski definition) is 0. The molecule has 4 aromatic carbocycles. The Morgan fingerprint density at radius 3 is 1.27 bits per heavy atom. The highest BCUT2D eigenvalue weighted by Gasteiger charge is 2.44. The van der Waals surface area contributed by atoms with Gasteiger partial charge in [0.15, 0.2) is 0 Å². The molecule has 37 heavy (non-hydrogen) atoms. The van der Waals surface area contributed by atoms with E-state index in [4.69, 9.17) is 9.47 Å². The standard InChI is InChI=1S/C31H26N2O4/c1-25(37-31(24-33-35,28-18-10-4-11-19-28)29-20-12-5-13-21-29)22-36-30(23-32-34,26-14-6-2-7-15-26)27-16-8-3-9-17-27/h2-21,25H,22H2,1H3. The predicted octanol–water partition coefficient (Wildman–Crippen LogP) is 6.96. The molecular formula is C31H26N2O4. The van der Waals surface area contributed by atoms with E-state index in [-0.39, 0.29) is 6.61 Å². The molecule has 4 rings (SSSR count). The maximum absolute atomic E-state index is 11.6. The Balaban J connectivity index is 1.72. The number of nitrogens with zero attached hydrogens (tertiary/aromatic N) is 2. The van der Waals surface area contributed by atoms with Crippen molar-refractivity contribution in [2.45, 2.75) is 24.2 Å². The van der Waals surface area contributed by atoms with Crippen molar-refractivity contribution in [3.05, 3.63) is 164 Å². The van der Waals surface area contributed by atoms with E-state index in [0.29, 0.717) is 22.3 Å². The first kappa shape index (κ1) is 25.5. The van der Waals surface area contributed by atoms with Crippen LogP contribution in [-0.2, 0) is 20.7 Å². The van der Waals surface area contributed by atoms with E-state index in [1.54, 1.807) is 0 Å². The zero-order chi connectivity index (χ0) is 26.0. The lowest BCUT2D eigenvalue weighted by molar-refractivity contribution is -0.0916. The summed E-state index contributed by atoms with van der Waals surface area (Å²) in [6, 6.07) is 42.5. The van der Waals surface area contributed by atoms with Crippen LogP contribution in [0.5, 0.6) is 0 Å². The monoisotopic (exact) mass is 490 g/mol. The quantitative estimate of drug-likeness (QED) is 0.238. The minimum absolute atomic E-state index is 0.0360. The molecule has 6 heteroatoms. The van der Waals surface area contributed by atoms with E-state index in [0.717, 1.165) is 0 Å². The van der Waals surface area contributed by atoms with Crippen molar-refractivity contribution in [2.24, 2.45) is 0 Å². The fourth-order valence-corrected chi connectivity index (χ4v) is 4.35. The third-order valence-electron chi connectivity index (χ3n) is 6.04. The molecule has 0 radical (unpaired) electrons. The van der Waals surface area contributed by atoms with E-state index in [9.17, 15) is 10.4 Å². The van der Waals surface area contributed by atoms with Crippen LogP contribution in [0.25, 0.3) is 10.0 Å². The first-order valence-corrected chi connectivity index (χ1v) is 11.9. The summed E-state index contributed by atoms with van der Waals surface area (Å²) in [5, 5.41) is 29.2. The molecule has 0 aliphatic rings. The van der Waals surface area contributed by atoms with Crippen LogP contribution in [0, 0.1) is 22.6 Å². The van der Waals surface area contributed by atoms with Gasteiger partial charge in [-0.15, -0.1) is 0 Å². The first-order valence-electron chi connectivity index (χ1n) is 11.9. The molecule has 0 saturated carbocycles. The fourth-order valence-electron chi connectivity index (χ4n) is 4.35. The van der Waals surface area contributed by atoms with Gasteiger partial charge in [0.25, 0.3) is 11.2 Å². The van der Waals surface area contributed by atoms with E-state index >= 15 is 0 Å². The maximum atomic E-state index is 11.6. The van der Waals surface area contributed by atoms with Crippen LogP contribution in [0.3, 0.4) is 0 Å². The Morgan fingerprint density at radius 1 is 0.595 bits per heavy atom. The summed E-state index contributed by atoms with van der Waals surface area (Å²) in [5.74, 6) is 0. The smallest absolute Gasteiger partial charge is 0.344 e. The van der Waals surface area contributed by atoms with E-state index < -0.39 is 17.3 Å². The highest BCUT2D eigenvalue weighted by atomic mass is 16.6. The largest absolute Gasteiger partial charge is 0.498 e. The third kappa shape index (κ3) is 5.47. The Morgan fingerprint density at radius 2 is 0.919 bits per heavy atom. The molecule has 6 nitrogen and oxygen atoms in total. The van der Waals surface area contributed by atoms with Gasteiger partial charge in [-0.3, -0.25) is 0 Å². The molecule has 0 fully saturated rings. The normalized spacial score (nSPS) is 11.9. The number of hydrogen-bond acceptors (Lipinski definition) is 4. The summed E-state index contributed by atoms with van der Waals surface area (Å²) in [6.45, 7) is 1.86. The van der Waals surface area contributed by atoms with Gasteiger partial charge in [0.1, 0.15) is 0 Å². The minimum Gasteiger partial charge on any atom is -0.498 e. The van der Waals surface area contributed by atoms with Crippen LogP contribution in [0.4, 0.5) is 0 Å². The SMILES string of the molecule is CC(COC(C#[N+][O-])(c1ccccc1)c1ccccc1)OC(C#[N+][O-])(c1ccccc1)c1ccccc1. The molecule has 184 valence electrons. The molecule has 0 amide bonds. The highest BCUT2D eigenvalue weighted by Crippen LogP contribution is 2.37. The minimum atomic E-state index is -1.37. The Kier molecular flexibility index (Phi) is 8.18. The van der Waals surface area contributed by atoms with Crippen LogP contribution in [0.15, 0.2) is 121 Å². The van der Waals surface area contributed by atoms with Gasteiger partial charge in [0, 0.05) is 32.3 Å². The van der Waals surface area contributed by atoms with Gasteiger partial charge in [-0.1, -0.05) is 121 Å². The molecule has 0 aliphatic heterocycles. The molecule has 0 heterocycles. The van der Waals surface area contributed by atoms with Crippen LogP contribution < -0.4 is 0 Å². The Hall–Kier alpha value is -4.62. The Labute approximate surface area is 216 Å². The van der Waals surface area contributed by atoms with Gasteiger partial charge in [-0.25, -0.2) is 0 Å². The van der Waals surface area contributed by atoms with Gasteiger partial charge in [-0.05, 0) is 6.92 Å². The summed E-state index contributed by atoms with van der Waals surface area (Å²) >= 11 is 0. The van der Waals surface area contributed by atoms with Crippen molar-refractivity contribution < 1.29 is 9.47 Å². The summed E-state index contributed by atoms with van der Waals surface area (Å²) in [5.41, 5.74) is 0.0397. The molecule has 1 atom stereocenters. The average Bonchev–Trinajstić information content (AvgIpc) is 2.97. The summed E-state index contributed by atoms with van der Waals surface area (Å²) in [4.78, 5) is 0. The van der Waals surface area contributed by atoms with E-state index in [1.165, 1.54) is 0 Å². The summed E-state index contributed by atoms with van der Waals surface area (Å²) in [7, 11) is 0. The molecular weight excluding hydrogens is 464 g/mol. The molecule has 0 spiro atoms.